The zero-order valence-corrected chi connectivity index (χ0v) is 19.7. The van der Waals surface area contributed by atoms with Crippen LogP contribution in [0.4, 0.5) is 0 Å². The van der Waals surface area contributed by atoms with Crippen LogP contribution in [-0.4, -0.2) is 59.4 Å². The number of rotatable bonds is 16. The van der Waals surface area contributed by atoms with Crippen LogP contribution in [0.25, 0.3) is 0 Å². The summed E-state index contributed by atoms with van der Waals surface area (Å²) in [5.74, 6) is -4.54. The van der Waals surface area contributed by atoms with Crippen molar-refractivity contribution in [2.45, 2.75) is 65.2 Å². The Kier molecular flexibility index (Phi) is 11.9. The highest BCUT2D eigenvalue weighted by Crippen LogP contribution is 2.69. The molecule has 0 amide bonds. The fraction of sp³-hybridized carbons (Fsp3) is 0.882. The lowest BCUT2D eigenvalue weighted by Crippen LogP contribution is -2.52. The first-order chi connectivity index (χ1) is 13.5. The maximum absolute atomic E-state index is 13.7. The van der Waals surface area contributed by atoms with Crippen LogP contribution in [0.3, 0.4) is 0 Å². The minimum Gasteiger partial charge on any atom is -0.481 e. The second kappa shape index (κ2) is 12.2. The van der Waals surface area contributed by atoms with E-state index in [2.05, 4.69) is 0 Å². The molecule has 0 rings (SSSR count). The van der Waals surface area contributed by atoms with E-state index < -0.39 is 43.9 Å². The topological polar surface area (TPSA) is 146 Å². The monoisotopic (exact) mass is 460 g/mol. The molecule has 10 nitrogen and oxygen atoms in total. The van der Waals surface area contributed by atoms with E-state index in [0.29, 0.717) is 0 Å². The summed E-state index contributed by atoms with van der Waals surface area (Å²) in [6.45, 7) is 8.59. The van der Waals surface area contributed by atoms with Crippen molar-refractivity contribution in [2.24, 2.45) is 5.92 Å². The van der Waals surface area contributed by atoms with Crippen molar-refractivity contribution in [3.63, 3.8) is 0 Å². The van der Waals surface area contributed by atoms with E-state index in [-0.39, 0.29) is 39.3 Å². The summed E-state index contributed by atoms with van der Waals surface area (Å²) in [6.07, 6.45) is -0.370. The van der Waals surface area contributed by atoms with Crippen molar-refractivity contribution >= 4 is 27.1 Å². The van der Waals surface area contributed by atoms with E-state index in [1.165, 1.54) is 41.5 Å². The first kappa shape index (κ1) is 28.2. The summed E-state index contributed by atoms with van der Waals surface area (Å²) in [4.78, 5) is 24.7. The Bertz CT molecular complexity index is 618. The third-order valence-corrected chi connectivity index (χ3v) is 10.2. The Balaban J connectivity index is 7.00. The maximum atomic E-state index is 13.7. The Morgan fingerprint density at radius 2 is 1.24 bits per heavy atom. The molecule has 0 spiro atoms. The van der Waals surface area contributed by atoms with Crippen molar-refractivity contribution in [1.29, 1.82) is 0 Å². The fourth-order valence-electron chi connectivity index (χ4n) is 3.60. The van der Waals surface area contributed by atoms with Crippen LogP contribution in [0.2, 0.25) is 0 Å². The number of carboxylic acids is 2. The Labute approximate surface area is 172 Å². The van der Waals surface area contributed by atoms with E-state index in [1.807, 2.05) is 0 Å². The molecule has 0 radical (unpaired) electrons. The van der Waals surface area contributed by atoms with Gasteiger partial charge in [-0.2, -0.15) is 0 Å². The van der Waals surface area contributed by atoms with E-state index in [9.17, 15) is 28.9 Å². The summed E-state index contributed by atoms with van der Waals surface area (Å²) in [6, 6.07) is 0. The molecule has 2 N–H and O–H groups in total. The smallest absolute Gasteiger partial charge is 0.348 e. The molecule has 29 heavy (non-hydrogen) atoms. The lowest BCUT2D eigenvalue weighted by molar-refractivity contribution is -0.144. The molecule has 3 atom stereocenters. The minimum absolute atomic E-state index is 0.0919. The number of aliphatic carboxylic acids is 2. The summed E-state index contributed by atoms with van der Waals surface area (Å²) < 4.78 is 48.2. The van der Waals surface area contributed by atoms with E-state index in [4.69, 9.17) is 18.1 Å². The molecule has 0 aromatic heterocycles. The van der Waals surface area contributed by atoms with Gasteiger partial charge in [0.15, 0.2) is 10.8 Å². The highest BCUT2D eigenvalue weighted by atomic mass is 31.2. The van der Waals surface area contributed by atoms with Crippen LogP contribution in [0.15, 0.2) is 0 Å². The van der Waals surface area contributed by atoms with Gasteiger partial charge in [-0.05, 0) is 34.1 Å². The normalized spacial score (nSPS) is 16.8. The van der Waals surface area contributed by atoms with Crippen molar-refractivity contribution in [2.75, 3.05) is 26.4 Å². The Morgan fingerprint density at radius 3 is 1.48 bits per heavy atom. The lowest BCUT2D eigenvalue weighted by atomic mass is 9.84. The molecule has 0 fully saturated rings. The number of carboxylic acid groups (broad SMARTS) is 2. The Hall–Kier alpha value is -0.760. The number of carbonyl (C=O) groups is 2. The standard InChI is InChI=1S/C17H34O10P2/c1-7-13(14(15(18)19)28(22,24-9-3)25-10-4)17(8-2,16(20)21)29(23,26-11-5)27-12-6/h13-14H,7-12H2,1-6H3,(H,18,19)(H,20,21). The van der Waals surface area contributed by atoms with Crippen LogP contribution < -0.4 is 0 Å². The fourth-order valence-corrected chi connectivity index (χ4v) is 8.59. The summed E-state index contributed by atoms with van der Waals surface area (Å²) in [7, 11) is -8.70. The highest BCUT2D eigenvalue weighted by Gasteiger charge is 2.66. The Morgan fingerprint density at radius 1 is 0.828 bits per heavy atom. The van der Waals surface area contributed by atoms with Crippen molar-refractivity contribution in [1.82, 2.24) is 0 Å². The molecule has 12 heteroatoms. The quantitative estimate of drug-likeness (QED) is 0.321. The van der Waals surface area contributed by atoms with Gasteiger partial charge in [0.2, 0.25) is 0 Å². The van der Waals surface area contributed by atoms with Gasteiger partial charge in [0.1, 0.15) is 0 Å². The molecular weight excluding hydrogens is 426 g/mol. The zero-order chi connectivity index (χ0) is 22.9. The SMILES string of the molecule is CCOP(=O)(OCC)C(C(=O)O)C(CC)C(CC)(C(=O)O)P(=O)(OCC)OCC. The van der Waals surface area contributed by atoms with Gasteiger partial charge in [0.25, 0.3) is 0 Å². The molecule has 0 aromatic carbocycles. The van der Waals surface area contributed by atoms with Crippen molar-refractivity contribution in [3.8, 4) is 0 Å². The van der Waals surface area contributed by atoms with Gasteiger partial charge in [-0.3, -0.25) is 18.7 Å². The van der Waals surface area contributed by atoms with Crippen LogP contribution in [-0.2, 0) is 36.8 Å². The average molecular weight is 460 g/mol. The molecule has 0 bridgehead atoms. The van der Waals surface area contributed by atoms with Gasteiger partial charge < -0.3 is 28.3 Å². The first-order valence-corrected chi connectivity index (χ1v) is 12.9. The van der Waals surface area contributed by atoms with Gasteiger partial charge in [-0.25, -0.2) is 0 Å². The summed E-state index contributed by atoms with van der Waals surface area (Å²) in [5, 5.41) is 17.8. The van der Waals surface area contributed by atoms with Crippen LogP contribution in [0.5, 0.6) is 0 Å². The van der Waals surface area contributed by atoms with Crippen LogP contribution in [0, 0.1) is 5.92 Å². The van der Waals surface area contributed by atoms with E-state index in [0.717, 1.165) is 0 Å². The molecular formula is C17H34O10P2. The van der Waals surface area contributed by atoms with E-state index >= 15 is 0 Å². The van der Waals surface area contributed by atoms with Gasteiger partial charge in [-0.1, -0.05) is 20.3 Å². The van der Waals surface area contributed by atoms with Gasteiger partial charge >= 0.3 is 27.1 Å². The van der Waals surface area contributed by atoms with Crippen molar-refractivity contribution < 1.29 is 47.0 Å². The second-order valence-corrected chi connectivity index (χ2v) is 10.6. The van der Waals surface area contributed by atoms with E-state index in [1.54, 1.807) is 0 Å². The first-order valence-electron chi connectivity index (χ1n) is 9.75. The average Bonchev–Trinajstić information content (AvgIpc) is 2.61. The maximum Gasteiger partial charge on any atom is 0.348 e. The molecule has 3 unspecified atom stereocenters. The largest absolute Gasteiger partial charge is 0.481 e. The molecule has 0 heterocycles. The van der Waals surface area contributed by atoms with Gasteiger partial charge in [0.05, 0.1) is 26.4 Å². The third-order valence-electron chi connectivity index (χ3n) is 4.64. The van der Waals surface area contributed by atoms with Crippen LogP contribution >= 0.6 is 15.2 Å². The number of hydrogen-bond acceptors (Lipinski definition) is 8. The molecule has 0 aliphatic carbocycles. The van der Waals surface area contributed by atoms with Crippen LogP contribution in [0.1, 0.15) is 54.4 Å². The molecule has 172 valence electrons. The molecule has 0 aliphatic rings. The highest BCUT2D eigenvalue weighted by molar-refractivity contribution is 7.57. The lowest BCUT2D eigenvalue weighted by Gasteiger charge is -2.43. The summed E-state index contributed by atoms with van der Waals surface area (Å²) in [5.41, 5.74) is -1.88. The molecule has 0 saturated heterocycles. The third kappa shape index (κ3) is 5.69. The van der Waals surface area contributed by atoms with Gasteiger partial charge in [-0.15, -0.1) is 0 Å². The molecule has 0 aliphatic heterocycles. The van der Waals surface area contributed by atoms with Gasteiger partial charge in [0, 0.05) is 5.92 Å². The molecule has 0 saturated carbocycles. The minimum atomic E-state index is -4.39. The summed E-state index contributed by atoms with van der Waals surface area (Å²) >= 11 is 0. The number of hydrogen-bond donors (Lipinski definition) is 2. The second-order valence-electron chi connectivity index (χ2n) is 6.09. The zero-order valence-electron chi connectivity index (χ0n) is 18.0. The predicted molar refractivity (Wildman–Crippen MR) is 108 cm³/mol. The van der Waals surface area contributed by atoms with Crippen molar-refractivity contribution in [3.05, 3.63) is 0 Å². The molecule has 0 aromatic rings. The predicted octanol–water partition coefficient (Wildman–Crippen LogP) is 4.23.